The molecule has 1 aliphatic heterocycles. The summed E-state index contributed by atoms with van der Waals surface area (Å²) in [5.74, 6) is 0.536. The van der Waals surface area contributed by atoms with Crippen LogP contribution in [0.3, 0.4) is 0 Å². The van der Waals surface area contributed by atoms with Gasteiger partial charge in [0.25, 0.3) is 11.5 Å². The van der Waals surface area contributed by atoms with Crippen LogP contribution in [0.5, 0.6) is 5.75 Å². The number of aromatic nitrogens is 2. The summed E-state index contributed by atoms with van der Waals surface area (Å²) < 4.78 is 5.21. The van der Waals surface area contributed by atoms with E-state index >= 15 is 0 Å². The van der Waals surface area contributed by atoms with Gasteiger partial charge < -0.3 is 19.9 Å². The molecule has 3 heterocycles. The molecule has 0 bridgehead atoms. The zero-order valence-electron chi connectivity index (χ0n) is 17.4. The average Bonchev–Trinajstić information content (AvgIpc) is 3.14. The number of benzene rings is 1. The maximum Gasteiger partial charge on any atom is 0.264 e. The third-order valence-electron chi connectivity index (χ3n) is 5.68. The van der Waals surface area contributed by atoms with Gasteiger partial charge in [-0.25, -0.2) is 4.98 Å². The Morgan fingerprint density at radius 1 is 1.32 bits per heavy atom. The minimum absolute atomic E-state index is 0.00342. The Morgan fingerprint density at radius 2 is 2.10 bits per heavy atom. The minimum Gasteiger partial charge on any atom is -0.497 e. The Bertz CT molecular complexity index is 1180. The largest absolute Gasteiger partial charge is 0.497 e. The van der Waals surface area contributed by atoms with Crippen LogP contribution < -0.4 is 15.6 Å². The van der Waals surface area contributed by atoms with Crippen LogP contribution in [0.1, 0.15) is 33.6 Å². The van der Waals surface area contributed by atoms with Gasteiger partial charge in [-0.1, -0.05) is 12.1 Å². The third-order valence-corrected chi connectivity index (χ3v) is 6.87. The Hall–Kier alpha value is -3.20. The number of piperidine rings is 1. The van der Waals surface area contributed by atoms with Crippen LogP contribution in [0, 0.1) is 12.8 Å². The SMILES string of the molecule is COc1cccc(CNC(=O)C2CCN(C(=O)c3sc4nc[nH]c(=O)c4c3C)CC2)c1. The first-order valence-corrected chi connectivity index (χ1v) is 11.0. The van der Waals surface area contributed by atoms with Crippen molar-refractivity contribution in [3.63, 3.8) is 0 Å². The smallest absolute Gasteiger partial charge is 0.264 e. The van der Waals surface area contributed by atoms with Crippen molar-refractivity contribution in [1.82, 2.24) is 20.2 Å². The summed E-state index contributed by atoms with van der Waals surface area (Å²) in [4.78, 5) is 47.3. The lowest BCUT2D eigenvalue weighted by molar-refractivity contribution is -0.126. The second kappa shape index (κ2) is 8.89. The lowest BCUT2D eigenvalue weighted by atomic mass is 9.95. The highest BCUT2D eigenvalue weighted by Crippen LogP contribution is 2.29. The van der Waals surface area contributed by atoms with Crippen molar-refractivity contribution in [2.75, 3.05) is 20.2 Å². The highest BCUT2D eigenvalue weighted by atomic mass is 32.1. The molecule has 8 nitrogen and oxygen atoms in total. The number of hydrogen-bond acceptors (Lipinski definition) is 6. The summed E-state index contributed by atoms with van der Waals surface area (Å²) in [6, 6.07) is 7.60. The van der Waals surface area contributed by atoms with Crippen molar-refractivity contribution >= 4 is 33.4 Å². The van der Waals surface area contributed by atoms with E-state index < -0.39 is 0 Å². The number of likely N-dealkylation sites (tertiary alicyclic amines) is 1. The fourth-order valence-corrected chi connectivity index (χ4v) is 5.00. The number of hydrogen-bond donors (Lipinski definition) is 2. The first kappa shape index (κ1) is 21.0. The van der Waals surface area contributed by atoms with Gasteiger partial charge in [0.1, 0.15) is 10.6 Å². The Kier molecular flexibility index (Phi) is 6.03. The molecule has 1 saturated heterocycles. The molecule has 9 heteroatoms. The summed E-state index contributed by atoms with van der Waals surface area (Å²) in [6.07, 6.45) is 2.57. The number of carbonyl (C=O) groups is 2. The number of carbonyl (C=O) groups excluding carboxylic acids is 2. The van der Waals surface area contributed by atoms with Crippen LogP contribution in [0.15, 0.2) is 35.4 Å². The summed E-state index contributed by atoms with van der Waals surface area (Å²) in [5.41, 5.74) is 1.41. The number of nitrogens with one attached hydrogen (secondary N) is 2. The number of ether oxygens (including phenoxy) is 1. The van der Waals surface area contributed by atoms with Gasteiger partial charge in [0.2, 0.25) is 5.91 Å². The van der Waals surface area contributed by atoms with Gasteiger partial charge in [0, 0.05) is 25.6 Å². The standard InChI is InChI=1S/C22H24N4O4S/c1-13-17-20(28)24-12-25-21(17)31-18(13)22(29)26-8-6-15(7-9-26)19(27)23-11-14-4-3-5-16(10-14)30-2/h3-5,10,12,15H,6-9,11H2,1-2H3,(H,23,27)(H,24,25,28). The number of aryl methyl sites for hydroxylation is 1. The van der Waals surface area contributed by atoms with E-state index in [9.17, 15) is 14.4 Å². The maximum absolute atomic E-state index is 13.0. The molecule has 2 aromatic heterocycles. The Morgan fingerprint density at radius 3 is 2.81 bits per heavy atom. The number of H-pyrrole nitrogens is 1. The predicted molar refractivity (Wildman–Crippen MR) is 118 cm³/mol. The second-order valence-corrected chi connectivity index (χ2v) is 8.60. The quantitative estimate of drug-likeness (QED) is 0.634. The molecule has 3 aromatic rings. The fraction of sp³-hybridized carbons (Fsp3) is 0.364. The molecule has 0 aliphatic carbocycles. The molecule has 4 rings (SSSR count). The van der Waals surface area contributed by atoms with E-state index in [2.05, 4.69) is 15.3 Å². The van der Waals surface area contributed by atoms with Crippen molar-refractivity contribution in [1.29, 1.82) is 0 Å². The summed E-state index contributed by atoms with van der Waals surface area (Å²) in [5, 5.41) is 3.46. The fourth-order valence-electron chi connectivity index (χ4n) is 3.89. The highest BCUT2D eigenvalue weighted by molar-refractivity contribution is 7.20. The zero-order valence-corrected chi connectivity index (χ0v) is 18.3. The molecule has 31 heavy (non-hydrogen) atoms. The minimum atomic E-state index is -0.232. The molecule has 2 amide bonds. The van der Waals surface area contributed by atoms with Crippen LogP contribution >= 0.6 is 11.3 Å². The number of aromatic amines is 1. The van der Waals surface area contributed by atoms with Crippen molar-refractivity contribution in [3.8, 4) is 5.75 Å². The highest BCUT2D eigenvalue weighted by Gasteiger charge is 2.29. The van der Waals surface area contributed by atoms with E-state index in [1.165, 1.54) is 17.7 Å². The summed E-state index contributed by atoms with van der Waals surface area (Å²) >= 11 is 1.24. The molecular weight excluding hydrogens is 416 g/mol. The van der Waals surface area contributed by atoms with E-state index in [4.69, 9.17) is 4.74 Å². The molecule has 0 atom stereocenters. The maximum atomic E-state index is 13.0. The van der Waals surface area contributed by atoms with Crippen molar-refractivity contribution < 1.29 is 14.3 Å². The molecule has 162 valence electrons. The van der Waals surface area contributed by atoms with Gasteiger partial charge in [-0.3, -0.25) is 14.4 Å². The summed E-state index contributed by atoms with van der Waals surface area (Å²) in [6.45, 7) is 3.24. The molecule has 0 saturated carbocycles. The van der Waals surface area contributed by atoms with E-state index in [0.717, 1.165) is 11.3 Å². The molecule has 1 fully saturated rings. The number of amides is 2. The third kappa shape index (κ3) is 4.32. The Labute approximate surface area is 183 Å². The monoisotopic (exact) mass is 440 g/mol. The molecule has 1 aromatic carbocycles. The lowest BCUT2D eigenvalue weighted by Crippen LogP contribution is -2.42. The van der Waals surface area contributed by atoms with Gasteiger partial charge in [-0.15, -0.1) is 11.3 Å². The van der Waals surface area contributed by atoms with Gasteiger partial charge in [-0.05, 0) is 43.0 Å². The number of rotatable bonds is 5. The van der Waals surface area contributed by atoms with Crippen LogP contribution in [-0.2, 0) is 11.3 Å². The number of fused-ring (bicyclic) bond motifs is 1. The number of methoxy groups -OCH3 is 1. The normalized spacial score (nSPS) is 14.6. The molecule has 0 radical (unpaired) electrons. The van der Waals surface area contributed by atoms with Gasteiger partial charge in [-0.2, -0.15) is 0 Å². The second-order valence-electron chi connectivity index (χ2n) is 7.60. The van der Waals surface area contributed by atoms with Gasteiger partial charge in [0.05, 0.1) is 23.7 Å². The topological polar surface area (TPSA) is 104 Å². The van der Waals surface area contributed by atoms with E-state index in [-0.39, 0.29) is 23.3 Å². The van der Waals surface area contributed by atoms with Crippen LogP contribution in [0.25, 0.3) is 10.2 Å². The lowest BCUT2D eigenvalue weighted by Gasteiger charge is -2.31. The molecular formula is C22H24N4O4S. The van der Waals surface area contributed by atoms with Crippen LogP contribution in [0.2, 0.25) is 0 Å². The zero-order chi connectivity index (χ0) is 22.0. The molecule has 1 aliphatic rings. The summed E-state index contributed by atoms with van der Waals surface area (Å²) in [7, 11) is 1.61. The van der Waals surface area contributed by atoms with Crippen LogP contribution in [-0.4, -0.2) is 46.9 Å². The van der Waals surface area contributed by atoms with E-state index in [0.29, 0.717) is 53.1 Å². The number of nitrogens with zero attached hydrogens (tertiary/aromatic N) is 2. The first-order chi connectivity index (χ1) is 15.0. The predicted octanol–water partition coefficient (Wildman–Crippen LogP) is 2.47. The van der Waals surface area contributed by atoms with Crippen molar-refractivity contribution in [3.05, 3.63) is 57.0 Å². The molecule has 0 spiro atoms. The molecule has 2 N–H and O–H groups in total. The average molecular weight is 441 g/mol. The van der Waals surface area contributed by atoms with Gasteiger partial charge in [0.15, 0.2) is 0 Å². The van der Waals surface area contributed by atoms with E-state index in [1.54, 1.807) is 18.9 Å². The number of thiophene rings is 1. The van der Waals surface area contributed by atoms with Crippen molar-refractivity contribution in [2.45, 2.75) is 26.3 Å². The van der Waals surface area contributed by atoms with Gasteiger partial charge >= 0.3 is 0 Å². The van der Waals surface area contributed by atoms with Crippen molar-refractivity contribution in [2.24, 2.45) is 5.92 Å². The van der Waals surface area contributed by atoms with Crippen LogP contribution in [0.4, 0.5) is 0 Å². The molecule has 0 unspecified atom stereocenters. The Balaban J connectivity index is 1.35. The van der Waals surface area contributed by atoms with E-state index in [1.807, 2.05) is 24.3 Å². The first-order valence-electron chi connectivity index (χ1n) is 10.1.